The predicted octanol–water partition coefficient (Wildman–Crippen LogP) is 3.58. The van der Waals surface area contributed by atoms with E-state index < -0.39 is 0 Å². The highest BCUT2D eigenvalue weighted by Crippen LogP contribution is 2.23. The Morgan fingerprint density at radius 3 is 2.77 bits per heavy atom. The van der Waals surface area contributed by atoms with Crippen molar-refractivity contribution in [2.45, 2.75) is 6.92 Å². The molecule has 2 rings (SSSR count). The average Bonchev–Trinajstić information content (AvgIpc) is 2.54. The van der Waals surface area contributed by atoms with Gasteiger partial charge in [-0.1, -0.05) is 30.3 Å². The van der Waals surface area contributed by atoms with Gasteiger partial charge in [0.15, 0.2) is 12.6 Å². The molecule has 0 spiro atoms. The summed E-state index contributed by atoms with van der Waals surface area (Å²) in [4.78, 5) is 12.2. The number of ether oxygens (including phenoxy) is 2. The summed E-state index contributed by atoms with van der Waals surface area (Å²) in [7, 11) is 1.53. The first-order valence-corrected chi connectivity index (χ1v) is 6.84. The largest absolute Gasteiger partial charge is 0.507 e. The minimum Gasteiger partial charge on any atom is -0.507 e. The predicted molar refractivity (Wildman–Crippen MR) is 85.2 cm³/mol. The Morgan fingerprint density at radius 1 is 1.23 bits per heavy atom. The third-order valence-corrected chi connectivity index (χ3v) is 3.15. The van der Waals surface area contributed by atoms with Crippen LogP contribution in [0.2, 0.25) is 0 Å². The lowest BCUT2D eigenvalue weighted by atomic mass is 10.1. The highest BCUT2D eigenvalue weighted by atomic mass is 16.7. The fourth-order valence-electron chi connectivity index (χ4n) is 1.94. The van der Waals surface area contributed by atoms with Crippen LogP contribution in [0.4, 0.5) is 0 Å². The maximum Gasteiger partial charge on any atom is 0.188 e. The van der Waals surface area contributed by atoms with Gasteiger partial charge < -0.3 is 14.6 Å². The summed E-state index contributed by atoms with van der Waals surface area (Å²) in [6.07, 6.45) is 3.04. The molecule has 0 atom stereocenters. The molecule has 4 nitrogen and oxygen atoms in total. The Labute approximate surface area is 129 Å². The number of para-hydroxylation sites is 1. The summed E-state index contributed by atoms with van der Waals surface area (Å²) < 4.78 is 10.1. The number of allylic oxidation sites excluding steroid dienone is 1. The van der Waals surface area contributed by atoms with E-state index in [1.807, 2.05) is 19.1 Å². The zero-order chi connectivity index (χ0) is 15.9. The van der Waals surface area contributed by atoms with Gasteiger partial charge in [0, 0.05) is 18.2 Å². The molecule has 2 aromatic rings. The second kappa shape index (κ2) is 7.43. The van der Waals surface area contributed by atoms with Gasteiger partial charge in [-0.3, -0.25) is 4.79 Å². The summed E-state index contributed by atoms with van der Waals surface area (Å²) in [5, 5.41) is 9.93. The van der Waals surface area contributed by atoms with Crippen molar-refractivity contribution < 1.29 is 19.4 Å². The lowest BCUT2D eigenvalue weighted by molar-refractivity contribution is 0.0510. The van der Waals surface area contributed by atoms with E-state index in [0.717, 1.165) is 5.56 Å². The SMILES string of the molecule is COCOc1cccc(C(=O)C=Cc2cccc(C)c2O)c1. The van der Waals surface area contributed by atoms with Gasteiger partial charge in [0.2, 0.25) is 0 Å². The molecule has 0 bridgehead atoms. The molecule has 0 unspecified atom stereocenters. The molecule has 0 fully saturated rings. The van der Waals surface area contributed by atoms with Gasteiger partial charge >= 0.3 is 0 Å². The fourth-order valence-corrected chi connectivity index (χ4v) is 1.94. The highest BCUT2D eigenvalue weighted by molar-refractivity contribution is 6.07. The highest BCUT2D eigenvalue weighted by Gasteiger charge is 2.05. The summed E-state index contributed by atoms with van der Waals surface area (Å²) in [5.41, 5.74) is 1.89. The average molecular weight is 298 g/mol. The standard InChI is InChI=1S/C18H18O4/c1-13-5-3-6-14(18(13)20)9-10-17(19)15-7-4-8-16(11-15)22-12-21-2/h3-11,20H,12H2,1-2H3. The van der Waals surface area contributed by atoms with Crippen LogP contribution in [0.3, 0.4) is 0 Å². The van der Waals surface area contributed by atoms with E-state index >= 15 is 0 Å². The maximum absolute atomic E-state index is 12.2. The Morgan fingerprint density at radius 2 is 2.00 bits per heavy atom. The summed E-state index contributed by atoms with van der Waals surface area (Å²) in [5.74, 6) is 0.590. The molecule has 114 valence electrons. The van der Waals surface area contributed by atoms with Gasteiger partial charge in [0.05, 0.1) is 0 Å². The third kappa shape index (κ3) is 3.96. The molecule has 0 saturated heterocycles. The number of methoxy groups -OCH3 is 1. The van der Waals surface area contributed by atoms with Crippen LogP contribution in [-0.2, 0) is 4.74 Å². The lowest BCUT2D eigenvalue weighted by Gasteiger charge is -2.05. The molecule has 1 N–H and O–H groups in total. The number of phenolic OH excluding ortho intramolecular Hbond substituents is 1. The van der Waals surface area contributed by atoms with E-state index in [2.05, 4.69) is 0 Å². The zero-order valence-corrected chi connectivity index (χ0v) is 12.6. The molecule has 0 aliphatic heterocycles. The first-order valence-electron chi connectivity index (χ1n) is 6.84. The van der Waals surface area contributed by atoms with Crippen molar-refractivity contribution in [3.63, 3.8) is 0 Å². The molecule has 0 aliphatic carbocycles. The van der Waals surface area contributed by atoms with Crippen molar-refractivity contribution >= 4 is 11.9 Å². The van der Waals surface area contributed by atoms with Crippen LogP contribution in [0.5, 0.6) is 11.5 Å². The number of rotatable bonds is 6. The number of benzene rings is 2. The van der Waals surface area contributed by atoms with Crippen LogP contribution in [0, 0.1) is 6.92 Å². The van der Waals surface area contributed by atoms with Crippen molar-refractivity contribution in [2.75, 3.05) is 13.9 Å². The van der Waals surface area contributed by atoms with Crippen LogP contribution in [-0.4, -0.2) is 24.8 Å². The zero-order valence-electron chi connectivity index (χ0n) is 12.6. The van der Waals surface area contributed by atoms with E-state index in [1.165, 1.54) is 13.2 Å². The van der Waals surface area contributed by atoms with Crippen molar-refractivity contribution in [3.8, 4) is 11.5 Å². The number of carbonyl (C=O) groups is 1. The maximum atomic E-state index is 12.2. The van der Waals surface area contributed by atoms with Crippen LogP contribution >= 0.6 is 0 Å². The smallest absolute Gasteiger partial charge is 0.188 e. The normalized spacial score (nSPS) is 10.8. The topological polar surface area (TPSA) is 55.8 Å². The molecule has 0 heterocycles. The van der Waals surface area contributed by atoms with Gasteiger partial charge in [0.25, 0.3) is 0 Å². The Bertz CT molecular complexity index is 689. The van der Waals surface area contributed by atoms with Crippen molar-refractivity contribution in [3.05, 3.63) is 65.2 Å². The quantitative estimate of drug-likeness (QED) is 0.503. The number of carbonyl (C=O) groups excluding carboxylic acids is 1. The van der Waals surface area contributed by atoms with Crippen molar-refractivity contribution in [1.82, 2.24) is 0 Å². The van der Waals surface area contributed by atoms with Gasteiger partial charge in [-0.15, -0.1) is 0 Å². The molecule has 0 amide bonds. The molecule has 0 saturated carbocycles. The molecular formula is C18H18O4. The van der Waals surface area contributed by atoms with Gasteiger partial charge in [-0.2, -0.15) is 0 Å². The molecule has 22 heavy (non-hydrogen) atoms. The van der Waals surface area contributed by atoms with E-state index in [4.69, 9.17) is 9.47 Å². The van der Waals surface area contributed by atoms with E-state index in [0.29, 0.717) is 16.9 Å². The van der Waals surface area contributed by atoms with E-state index in [1.54, 1.807) is 36.4 Å². The third-order valence-electron chi connectivity index (χ3n) is 3.15. The number of aromatic hydroxyl groups is 1. The fraction of sp³-hybridized carbons (Fsp3) is 0.167. The molecule has 0 aliphatic rings. The van der Waals surface area contributed by atoms with Crippen LogP contribution < -0.4 is 4.74 Å². The van der Waals surface area contributed by atoms with Crippen LogP contribution in [0.15, 0.2) is 48.5 Å². The summed E-state index contributed by atoms with van der Waals surface area (Å²) >= 11 is 0. The number of phenols is 1. The molecular weight excluding hydrogens is 280 g/mol. The Balaban J connectivity index is 2.15. The first-order chi connectivity index (χ1) is 10.6. The first kappa shape index (κ1) is 15.8. The summed E-state index contributed by atoms with van der Waals surface area (Å²) in [6, 6.07) is 12.3. The monoisotopic (exact) mass is 298 g/mol. The minimum absolute atomic E-state index is 0.130. The second-order valence-electron chi connectivity index (χ2n) is 4.79. The summed E-state index contributed by atoms with van der Waals surface area (Å²) in [6.45, 7) is 1.94. The lowest BCUT2D eigenvalue weighted by Crippen LogP contribution is -2.00. The molecule has 0 radical (unpaired) electrons. The van der Waals surface area contributed by atoms with Crippen LogP contribution in [0.25, 0.3) is 6.08 Å². The van der Waals surface area contributed by atoms with Gasteiger partial charge in [0.1, 0.15) is 11.5 Å². The van der Waals surface area contributed by atoms with Crippen molar-refractivity contribution in [2.24, 2.45) is 0 Å². The molecule has 4 heteroatoms. The Hall–Kier alpha value is -2.59. The second-order valence-corrected chi connectivity index (χ2v) is 4.79. The molecule has 0 aromatic heterocycles. The number of aryl methyl sites for hydroxylation is 1. The van der Waals surface area contributed by atoms with Gasteiger partial charge in [-0.05, 0) is 36.8 Å². The van der Waals surface area contributed by atoms with E-state index in [9.17, 15) is 9.90 Å². The number of hydrogen-bond acceptors (Lipinski definition) is 4. The van der Waals surface area contributed by atoms with E-state index in [-0.39, 0.29) is 18.3 Å². The minimum atomic E-state index is -0.163. The van der Waals surface area contributed by atoms with Crippen molar-refractivity contribution in [1.29, 1.82) is 0 Å². The Kier molecular flexibility index (Phi) is 5.33. The number of hydrogen-bond donors (Lipinski definition) is 1. The molecule has 2 aromatic carbocycles. The number of ketones is 1. The van der Waals surface area contributed by atoms with Crippen LogP contribution in [0.1, 0.15) is 21.5 Å². The van der Waals surface area contributed by atoms with Gasteiger partial charge in [-0.25, -0.2) is 0 Å².